The Balaban J connectivity index is 2.21. The van der Waals surface area contributed by atoms with Gasteiger partial charge in [-0.1, -0.05) is 36.5 Å². The van der Waals surface area contributed by atoms with Gasteiger partial charge in [-0.2, -0.15) is 0 Å². The van der Waals surface area contributed by atoms with E-state index < -0.39 is 0 Å². The molecule has 1 aromatic carbocycles. The van der Waals surface area contributed by atoms with E-state index in [9.17, 15) is 4.79 Å². The number of carbonyl (C=O) groups is 1. The highest BCUT2D eigenvalue weighted by atomic mass is 16.1. The monoisotopic (exact) mass is 230 g/mol. The molecular formula is C13H19BN2O. The first kappa shape index (κ1) is 13.8. The second-order valence-corrected chi connectivity index (χ2v) is 4.08. The highest BCUT2D eigenvalue weighted by Crippen LogP contribution is 1.99. The molecule has 17 heavy (non-hydrogen) atoms. The maximum atomic E-state index is 11.7. The Morgan fingerprint density at radius 2 is 2.00 bits per heavy atom. The molecule has 1 amide bonds. The van der Waals surface area contributed by atoms with Gasteiger partial charge in [0.2, 0.25) is 0 Å². The maximum Gasteiger partial charge on any atom is 0.251 e. The predicted octanol–water partition coefficient (Wildman–Crippen LogP) is 0.729. The van der Waals surface area contributed by atoms with E-state index in [0.29, 0.717) is 17.6 Å². The standard InChI is InChI=1S/C13H19BN2O/c14-12-7-5-6-11(10-12)13(17)16-9-4-2-1-3-8-15/h5-7,10H,1-4,8-9,15H2,(H,16,17). The lowest BCUT2D eigenvalue weighted by atomic mass is 9.94. The fourth-order valence-electron chi connectivity index (χ4n) is 1.61. The van der Waals surface area contributed by atoms with Crippen LogP contribution in [0.2, 0.25) is 0 Å². The van der Waals surface area contributed by atoms with Crippen molar-refractivity contribution in [3.63, 3.8) is 0 Å². The molecule has 0 unspecified atom stereocenters. The number of benzene rings is 1. The Hall–Kier alpha value is -1.29. The number of nitrogens with one attached hydrogen (secondary N) is 1. The van der Waals surface area contributed by atoms with Crippen molar-refractivity contribution in [3.05, 3.63) is 29.8 Å². The van der Waals surface area contributed by atoms with Gasteiger partial charge in [-0.15, -0.1) is 0 Å². The Kier molecular flexibility index (Phi) is 6.41. The van der Waals surface area contributed by atoms with Gasteiger partial charge < -0.3 is 11.1 Å². The van der Waals surface area contributed by atoms with Gasteiger partial charge in [0, 0.05) is 12.1 Å². The number of hydrogen-bond acceptors (Lipinski definition) is 2. The quantitative estimate of drug-likeness (QED) is 0.536. The van der Waals surface area contributed by atoms with Gasteiger partial charge in [-0.3, -0.25) is 4.79 Å². The predicted molar refractivity (Wildman–Crippen MR) is 71.7 cm³/mol. The average Bonchev–Trinajstić information content (AvgIpc) is 2.33. The van der Waals surface area contributed by atoms with Gasteiger partial charge in [0.25, 0.3) is 5.91 Å². The van der Waals surface area contributed by atoms with Crippen LogP contribution in [0.1, 0.15) is 36.0 Å². The minimum absolute atomic E-state index is 0.0591. The second kappa shape index (κ2) is 7.90. The van der Waals surface area contributed by atoms with Crippen LogP contribution < -0.4 is 16.5 Å². The summed E-state index contributed by atoms with van der Waals surface area (Å²) < 4.78 is 0. The van der Waals surface area contributed by atoms with Crippen molar-refractivity contribution in [2.45, 2.75) is 25.7 Å². The summed E-state index contributed by atoms with van der Waals surface area (Å²) in [6.07, 6.45) is 4.29. The number of amides is 1. The minimum Gasteiger partial charge on any atom is -0.352 e. The molecule has 0 saturated heterocycles. The fraction of sp³-hybridized carbons (Fsp3) is 0.462. The lowest BCUT2D eigenvalue weighted by Gasteiger charge is -2.05. The molecule has 1 rings (SSSR count). The molecule has 0 heterocycles. The van der Waals surface area contributed by atoms with Gasteiger partial charge in [0.15, 0.2) is 0 Å². The summed E-state index contributed by atoms with van der Waals surface area (Å²) in [5.41, 5.74) is 6.63. The highest BCUT2D eigenvalue weighted by molar-refractivity contribution is 6.32. The van der Waals surface area contributed by atoms with E-state index in [0.717, 1.165) is 32.2 Å². The number of hydrogen-bond donors (Lipinski definition) is 2. The van der Waals surface area contributed by atoms with Gasteiger partial charge in [0.1, 0.15) is 7.85 Å². The largest absolute Gasteiger partial charge is 0.352 e. The molecular weight excluding hydrogens is 211 g/mol. The summed E-state index contributed by atoms with van der Waals surface area (Å²) >= 11 is 0. The zero-order valence-corrected chi connectivity index (χ0v) is 10.1. The van der Waals surface area contributed by atoms with E-state index in [-0.39, 0.29) is 5.91 Å². The molecule has 0 spiro atoms. The van der Waals surface area contributed by atoms with E-state index in [1.807, 2.05) is 0 Å². The summed E-state index contributed by atoms with van der Waals surface area (Å²) in [6, 6.07) is 7.00. The molecule has 0 aliphatic rings. The first-order valence-electron chi connectivity index (χ1n) is 6.08. The fourth-order valence-corrected chi connectivity index (χ4v) is 1.61. The summed E-state index contributed by atoms with van der Waals surface area (Å²) in [5, 5.41) is 2.88. The number of unbranched alkanes of at least 4 members (excludes halogenated alkanes) is 3. The van der Waals surface area contributed by atoms with Crippen molar-refractivity contribution in [2.24, 2.45) is 5.73 Å². The first-order valence-corrected chi connectivity index (χ1v) is 6.08. The van der Waals surface area contributed by atoms with E-state index in [1.54, 1.807) is 24.3 Å². The second-order valence-electron chi connectivity index (χ2n) is 4.08. The number of nitrogens with two attached hydrogens (primary N) is 1. The summed E-state index contributed by atoms with van der Waals surface area (Å²) in [6.45, 7) is 1.45. The molecule has 0 aliphatic heterocycles. The molecule has 3 nitrogen and oxygen atoms in total. The normalized spacial score (nSPS) is 10.2. The van der Waals surface area contributed by atoms with Crippen molar-refractivity contribution in [3.8, 4) is 0 Å². The van der Waals surface area contributed by atoms with E-state index in [1.165, 1.54) is 0 Å². The van der Waals surface area contributed by atoms with Crippen LogP contribution >= 0.6 is 0 Å². The number of carbonyl (C=O) groups excluding carboxylic acids is 1. The molecule has 90 valence electrons. The third-order valence-electron chi connectivity index (χ3n) is 2.57. The van der Waals surface area contributed by atoms with Crippen molar-refractivity contribution >= 4 is 19.2 Å². The van der Waals surface area contributed by atoms with Crippen LogP contribution in [0.5, 0.6) is 0 Å². The summed E-state index contributed by atoms with van der Waals surface area (Å²) in [5.74, 6) is -0.0591. The van der Waals surface area contributed by atoms with Crippen LogP contribution in [0.4, 0.5) is 0 Å². The van der Waals surface area contributed by atoms with Crippen LogP contribution in [-0.4, -0.2) is 26.8 Å². The molecule has 0 aromatic heterocycles. The molecule has 0 atom stereocenters. The van der Waals surface area contributed by atoms with E-state index in [4.69, 9.17) is 13.6 Å². The molecule has 0 bridgehead atoms. The molecule has 0 saturated carbocycles. The summed E-state index contributed by atoms with van der Waals surface area (Å²) in [7, 11) is 5.61. The molecule has 0 aliphatic carbocycles. The van der Waals surface area contributed by atoms with Crippen LogP contribution in [0.15, 0.2) is 24.3 Å². The van der Waals surface area contributed by atoms with Crippen molar-refractivity contribution in [1.29, 1.82) is 0 Å². The Morgan fingerprint density at radius 3 is 2.71 bits per heavy atom. The van der Waals surface area contributed by atoms with Crippen LogP contribution in [-0.2, 0) is 0 Å². The molecule has 3 N–H and O–H groups in total. The van der Waals surface area contributed by atoms with Crippen molar-refractivity contribution in [1.82, 2.24) is 5.32 Å². The summed E-state index contributed by atoms with van der Waals surface area (Å²) in [4.78, 5) is 11.7. The van der Waals surface area contributed by atoms with Gasteiger partial charge in [-0.05, 0) is 25.5 Å². The Morgan fingerprint density at radius 1 is 1.24 bits per heavy atom. The molecule has 4 heteroatoms. The molecule has 2 radical (unpaired) electrons. The van der Waals surface area contributed by atoms with Gasteiger partial charge >= 0.3 is 0 Å². The minimum atomic E-state index is -0.0591. The lowest BCUT2D eigenvalue weighted by molar-refractivity contribution is 0.0953. The Labute approximate surface area is 104 Å². The van der Waals surface area contributed by atoms with Crippen molar-refractivity contribution < 1.29 is 4.79 Å². The smallest absolute Gasteiger partial charge is 0.251 e. The van der Waals surface area contributed by atoms with E-state index in [2.05, 4.69) is 5.32 Å². The van der Waals surface area contributed by atoms with Crippen molar-refractivity contribution in [2.75, 3.05) is 13.1 Å². The van der Waals surface area contributed by atoms with E-state index >= 15 is 0 Å². The zero-order valence-electron chi connectivity index (χ0n) is 10.1. The van der Waals surface area contributed by atoms with Gasteiger partial charge in [-0.25, -0.2) is 0 Å². The highest BCUT2D eigenvalue weighted by Gasteiger charge is 2.03. The van der Waals surface area contributed by atoms with Crippen LogP contribution in [0.3, 0.4) is 0 Å². The lowest BCUT2D eigenvalue weighted by Crippen LogP contribution is -2.25. The first-order chi connectivity index (χ1) is 8.24. The molecule has 1 aromatic rings. The molecule has 0 fully saturated rings. The number of rotatable bonds is 7. The average molecular weight is 230 g/mol. The third kappa shape index (κ3) is 5.54. The topological polar surface area (TPSA) is 55.1 Å². The maximum absolute atomic E-state index is 11.7. The van der Waals surface area contributed by atoms with Crippen LogP contribution in [0.25, 0.3) is 0 Å². The van der Waals surface area contributed by atoms with Crippen LogP contribution in [0, 0.1) is 0 Å². The Bertz CT molecular complexity index is 355. The third-order valence-corrected chi connectivity index (χ3v) is 2.57. The zero-order chi connectivity index (χ0) is 12.5. The SMILES string of the molecule is [B]c1cccc(C(=O)NCCCCCCN)c1. The van der Waals surface area contributed by atoms with Gasteiger partial charge in [0.05, 0.1) is 0 Å².